The lowest BCUT2D eigenvalue weighted by Crippen LogP contribution is -2.47. The molecule has 1 aliphatic rings. The molecule has 27 heavy (non-hydrogen) atoms. The number of piperidine rings is 1. The van der Waals surface area contributed by atoms with Crippen molar-refractivity contribution in [1.82, 2.24) is 10.3 Å². The Morgan fingerprint density at radius 3 is 2.41 bits per heavy atom. The van der Waals surface area contributed by atoms with Crippen LogP contribution in [0, 0.1) is 5.41 Å². The molecule has 0 saturated carbocycles. The number of hydrogen-bond donors (Lipinski definition) is 3. The van der Waals surface area contributed by atoms with Gasteiger partial charge in [0, 0.05) is 12.8 Å². The Hall–Kier alpha value is -1.86. The number of pyridine rings is 1. The van der Waals surface area contributed by atoms with Crippen LogP contribution in [0.3, 0.4) is 0 Å². The van der Waals surface area contributed by atoms with Crippen molar-refractivity contribution >= 4 is 47.9 Å². The molecule has 1 aromatic carbocycles. The first-order valence-electron chi connectivity index (χ1n) is 8.51. The largest absolute Gasteiger partial charge is 0.384 e. The van der Waals surface area contributed by atoms with E-state index in [0.29, 0.717) is 12.3 Å². The van der Waals surface area contributed by atoms with Crippen molar-refractivity contribution < 1.29 is 9.53 Å². The fourth-order valence-electron chi connectivity index (χ4n) is 3.09. The highest BCUT2D eigenvalue weighted by Crippen LogP contribution is 2.31. The molecule has 0 spiro atoms. The van der Waals surface area contributed by atoms with Crippen molar-refractivity contribution in [2.24, 2.45) is 5.41 Å². The number of nitrogens with one attached hydrogen (secondary N) is 3. The number of rotatable bonds is 6. The molecule has 1 aromatic heterocycles. The van der Waals surface area contributed by atoms with Crippen molar-refractivity contribution in [3.05, 3.63) is 48.7 Å². The molecule has 0 radical (unpaired) electrons. The van der Waals surface area contributed by atoms with Crippen LogP contribution in [0.25, 0.3) is 0 Å². The summed E-state index contributed by atoms with van der Waals surface area (Å²) in [6, 6.07) is 13.6. The number of carbonyl (C=O) groups is 1. The molecular weight excluding hydrogens is 387 g/mol. The van der Waals surface area contributed by atoms with E-state index in [2.05, 4.69) is 20.9 Å². The molecule has 6 nitrogen and oxygen atoms in total. The molecule has 1 aliphatic heterocycles. The Balaban J connectivity index is 0.00000182. The average molecular weight is 413 g/mol. The molecular formula is C19H26Cl2N4O2. The summed E-state index contributed by atoms with van der Waals surface area (Å²) in [4.78, 5) is 17.2. The number of benzene rings is 1. The van der Waals surface area contributed by atoms with E-state index in [1.54, 1.807) is 13.3 Å². The van der Waals surface area contributed by atoms with Crippen molar-refractivity contribution in [2.75, 3.05) is 37.4 Å². The molecule has 0 unspecified atom stereocenters. The van der Waals surface area contributed by atoms with E-state index in [0.717, 1.165) is 37.4 Å². The zero-order chi connectivity index (χ0) is 17.5. The van der Waals surface area contributed by atoms with Gasteiger partial charge in [-0.15, -0.1) is 24.8 Å². The first-order valence-corrected chi connectivity index (χ1v) is 8.51. The summed E-state index contributed by atoms with van der Waals surface area (Å²) in [5, 5.41) is 9.51. The molecule has 2 heterocycles. The third-order valence-corrected chi connectivity index (χ3v) is 4.53. The van der Waals surface area contributed by atoms with Crippen LogP contribution in [-0.4, -0.2) is 37.7 Å². The van der Waals surface area contributed by atoms with Gasteiger partial charge in [0.15, 0.2) is 0 Å². The fourth-order valence-corrected chi connectivity index (χ4v) is 3.09. The first-order chi connectivity index (χ1) is 12.2. The summed E-state index contributed by atoms with van der Waals surface area (Å²) in [6.07, 6.45) is 3.21. The smallest absolute Gasteiger partial charge is 0.233 e. The van der Waals surface area contributed by atoms with Gasteiger partial charge in [0.2, 0.25) is 5.91 Å². The van der Waals surface area contributed by atoms with Crippen LogP contribution in [-0.2, 0) is 9.53 Å². The van der Waals surface area contributed by atoms with Gasteiger partial charge in [-0.25, -0.2) is 4.98 Å². The Labute approximate surface area is 172 Å². The van der Waals surface area contributed by atoms with Crippen molar-refractivity contribution in [2.45, 2.75) is 12.8 Å². The van der Waals surface area contributed by atoms with E-state index in [1.807, 2.05) is 42.5 Å². The minimum Gasteiger partial charge on any atom is -0.384 e. The van der Waals surface area contributed by atoms with Gasteiger partial charge in [0.05, 0.1) is 23.9 Å². The molecule has 8 heteroatoms. The van der Waals surface area contributed by atoms with E-state index in [-0.39, 0.29) is 30.7 Å². The van der Waals surface area contributed by atoms with Crippen LogP contribution in [0.2, 0.25) is 0 Å². The Bertz CT molecular complexity index is 687. The number of ether oxygens (including phenoxy) is 1. The van der Waals surface area contributed by atoms with Gasteiger partial charge >= 0.3 is 0 Å². The quantitative estimate of drug-likeness (QED) is 0.675. The van der Waals surface area contributed by atoms with Gasteiger partial charge in [-0.05, 0) is 50.2 Å². The lowest BCUT2D eigenvalue weighted by atomic mass is 9.78. The van der Waals surface area contributed by atoms with Gasteiger partial charge in [0.25, 0.3) is 0 Å². The predicted octanol–water partition coefficient (Wildman–Crippen LogP) is 3.62. The Kier molecular flexibility index (Phi) is 9.52. The summed E-state index contributed by atoms with van der Waals surface area (Å²) in [5.74, 6) is 0.735. The SMILES string of the molecule is COCC1(C(=O)Nc2ccc(Nc3ccccc3)nc2)CCNCC1.Cl.Cl. The maximum absolute atomic E-state index is 12.8. The van der Waals surface area contributed by atoms with Crippen molar-refractivity contribution in [3.8, 4) is 0 Å². The van der Waals surface area contributed by atoms with E-state index >= 15 is 0 Å². The van der Waals surface area contributed by atoms with Crippen LogP contribution >= 0.6 is 24.8 Å². The summed E-state index contributed by atoms with van der Waals surface area (Å²) >= 11 is 0. The Morgan fingerprint density at radius 2 is 1.81 bits per heavy atom. The third-order valence-electron chi connectivity index (χ3n) is 4.53. The lowest BCUT2D eigenvalue weighted by Gasteiger charge is -2.35. The van der Waals surface area contributed by atoms with E-state index in [9.17, 15) is 4.79 Å². The number of halogens is 2. The van der Waals surface area contributed by atoms with Gasteiger partial charge < -0.3 is 20.7 Å². The molecule has 0 atom stereocenters. The fraction of sp³-hybridized carbons (Fsp3) is 0.368. The standard InChI is InChI=1S/C19H24N4O2.2ClH/c1-25-14-19(9-11-20-12-10-19)18(24)23-16-7-8-17(21-13-16)22-15-5-3-2-4-6-15;;/h2-8,13,20H,9-12,14H2,1H3,(H,21,22)(H,23,24);2*1H. The number of hydrogen-bond acceptors (Lipinski definition) is 5. The zero-order valence-electron chi connectivity index (χ0n) is 15.2. The molecule has 0 bridgehead atoms. The summed E-state index contributed by atoms with van der Waals surface area (Å²) in [5.41, 5.74) is 1.19. The number of para-hydroxylation sites is 1. The number of methoxy groups -OCH3 is 1. The van der Waals surface area contributed by atoms with Crippen LogP contribution in [0.4, 0.5) is 17.2 Å². The van der Waals surface area contributed by atoms with Crippen LogP contribution in [0.15, 0.2) is 48.7 Å². The van der Waals surface area contributed by atoms with E-state index in [4.69, 9.17) is 4.74 Å². The van der Waals surface area contributed by atoms with Gasteiger partial charge in [-0.1, -0.05) is 18.2 Å². The number of carbonyl (C=O) groups excluding carboxylic acids is 1. The first kappa shape index (κ1) is 23.2. The molecule has 3 N–H and O–H groups in total. The number of aromatic nitrogens is 1. The van der Waals surface area contributed by atoms with Crippen LogP contribution in [0.1, 0.15) is 12.8 Å². The highest BCUT2D eigenvalue weighted by Gasteiger charge is 2.39. The monoisotopic (exact) mass is 412 g/mol. The van der Waals surface area contributed by atoms with E-state index in [1.165, 1.54) is 0 Å². The highest BCUT2D eigenvalue weighted by atomic mass is 35.5. The summed E-state index contributed by atoms with van der Waals surface area (Å²) in [7, 11) is 1.64. The zero-order valence-corrected chi connectivity index (χ0v) is 16.9. The van der Waals surface area contributed by atoms with Gasteiger partial charge in [0.1, 0.15) is 5.82 Å². The van der Waals surface area contributed by atoms with Gasteiger partial charge in [-0.2, -0.15) is 0 Å². The number of nitrogens with zero attached hydrogens (tertiary/aromatic N) is 1. The van der Waals surface area contributed by atoms with Crippen LogP contribution < -0.4 is 16.0 Å². The minimum atomic E-state index is -0.471. The maximum Gasteiger partial charge on any atom is 0.233 e. The molecule has 1 saturated heterocycles. The molecule has 3 rings (SSSR count). The number of amides is 1. The van der Waals surface area contributed by atoms with Gasteiger partial charge in [-0.3, -0.25) is 4.79 Å². The molecule has 1 fully saturated rings. The predicted molar refractivity (Wildman–Crippen MR) is 114 cm³/mol. The normalized spacial score (nSPS) is 15.0. The highest BCUT2D eigenvalue weighted by molar-refractivity contribution is 5.95. The molecule has 2 aromatic rings. The second-order valence-corrected chi connectivity index (χ2v) is 6.34. The topological polar surface area (TPSA) is 75.3 Å². The third kappa shape index (κ3) is 6.07. The van der Waals surface area contributed by atoms with E-state index < -0.39 is 5.41 Å². The second-order valence-electron chi connectivity index (χ2n) is 6.34. The molecule has 1 amide bonds. The second kappa shape index (κ2) is 11.1. The van der Waals surface area contributed by atoms with Crippen molar-refractivity contribution in [1.29, 1.82) is 0 Å². The summed E-state index contributed by atoms with van der Waals surface area (Å²) in [6.45, 7) is 2.09. The van der Waals surface area contributed by atoms with Crippen molar-refractivity contribution in [3.63, 3.8) is 0 Å². The summed E-state index contributed by atoms with van der Waals surface area (Å²) < 4.78 is 5.31. The maximum atomic E-state index is 12.8. The number of anilines is 3. The average Bonchev–Trinajstić information content (AvgIpc) is 2.65. The minimum absolute atomic E-state index is 0. The molecule has 148 valence electrons. The lowest BCUT2D eigenvalue weighted by molar-refractivity contribution is -0.130. The molecule has 0 aliphatic carbocycles. The Morgan fingerprint density at radius 1 is 1.11 bits per heavy atom. The van der Waals surface area contributed by atoms with Crippen LogP contribution in [0.5, 0.6) is 0 Å².